The molecule has 3 aromatic rings. The van der Waals surface area contributed by atoms with Crippen LogP contribution in [0.2, 0.25) is 12.1 Å². The summed E-state index contributed by atoms with van der Waals surface area (Å²) in [6.07, 6.45) is 5.88. The molecule has 2 aromatic heterocycles. The molecule has 0 fully saturated rings. The van der Waals surface area contributed by atoms with Crippen molar-refractivity contribution in [3.8, 4) is 38.4 Å². The van der Waals surface area contributed by atoms with Crippen molar-refractivity contribution in [1.29, 1.82) is 15.8 Å². The van der Waals surface area contributed by atoms with Gasteiger partial charge < -0.3 is 9.64 Å². The first-order valence-corrected chi connectivity index (χ1v) is 20.3. The van der Waals surface area contributed by atoms with Crippen molar-refractivity contribution in [3.05, 3.63) is 82.0 Å². The summed E-state index contributed by atoms with van der Waals surface area (Å²) >= 11 is 3.58. The van der Waals surface area contributed by atoms with E-state index in [4.69, 9.17) is 4.74 Å². The lowest BCUT2D eigenvalue weighted by Crippen LogP contribution is -2.54. The number of allylic oxidation sites excluding steroid dienone is 4. The molecule has 1 aromatic carbocycles. The Hall–Kier alpha value is -4.34. The second kappa shape index (κ2) is 14.3. The lowest BCUT2D eigenvalue weighted by Gasteiger charge is -2.28. The number of benzene rings is 1. The van der Waals surface area contributed by atoms with Crippen LogP contribution in [0.25, 0.3) is 26.3 Å². The maximum absolute atomic E-state index is 14.2. The van der Waals surface area contributed by atoms with Gasteiger partial charge in [0, 0.05) is 44.9 Å². The van der Waals surface area contributed by atoms with Crippen LogP contribution >= 0.6 is 22.7 Å². The Balaban J connectivity index is 1.55. The summed E-state index contributed by atoms with van der Waals surface area (Å²) in [5.74, 6) is -0.647. The van der Waals surface area contributed by atoms with E-state index < -0.39 is 42.3 Å². The second-order valence-electron chi connectivity index (χ2n) is 12.7. The molecule has 5 rings (SSSR count). The summed E-state index contributed by atoms with van der Waals surface area (Å²) in [6, 6.07) is 20.6. The van der Waals surface area contributed by atoms with Crippen molar-refractivity contribution in [2.45, 2.75) is 70.3 Å². The van der Waals surface area contributed by atoms with E-state index in [9.17, 15) is 29.0 Å². The van der Waals surface area contributed by atoms with Crippen LogP contribution < -0.4 is 15.3 Å². The molecule has 11 heteroatoms. The summed E-state index contributed by atoms with van der Waals surface area (Å²) in [5, 5.41) is 31.3. The van der Waals surface area contributed by atoms with Gasteiger partial charge in [0.05, 0.1) is 0 Å². The molecule has 2 aliphatic rings. The molecule has 0 saturated carbocycles. The highest BCUT2D eigenvalue weighted by Gasteiger charge is 2.60. The molecular weight excluding hydrogens is 678 g/mol. The summed E-state index contributed by atoms with van der Waals surface area (Å²) in [7, 11) is 2.01. The molecule has 252 valence electrons. The minimum atomic E-state index is -4.90. The third-order valence-corrected chi connectivity index (χ3v) is 17.4. The van der Waals surface area contributed by atoms with Crippen molar-refractivity contribution in [3.63, 3.8) is 0 Å². The average molecular weight is 715 g/mol. The van der Waals surface area contributed by atoms with E-state index >= 15 is 0 Å². The Morgan fingerprint density at radius 3 is 2.06 bits per heavy atom. The third kappa shape index (κ3) is 6.42. The molecule has 5 nitrogen and oxygen atoms in total. The maximum atomic E-state index is 14.2. The Kier molecular flexibility index (Phi) is 10.5. The van der Waals surface area contributed by atoms with Crippen molar-refractivity contribution < 1.29 is 17.9 Å². The molecule has 0 radical (unpaired) electrons. The molecule has 0 spiro atoms. The smallest absolute Gasteiger partial charge is 0.432 e. The number of hydrogen-bond donors (Lipinski definition) is 0. The van der Waals surface area contributed by atoms with E-state index in [1.54, 1.807) is 28.7 Å². The van der Waals surface area contributed by atoms with Crippen molar-refractivity contribution in [1.82, 2.24) is 0 Å². The highest BCUT2D eigenvalue weighted by Crippen LogP contribution is 2.50. The number of thiophene rings is 2. The SMILES string of the molecule is CCCC[Si]1(CCCC)c2cc(/C=C/C=C/C3=C(C#N)C(=C(C#N)C#N)OC3(C)C(F)(F)F)sc2-c2sc(-c3ccc(N(C)C)cc3)cc21. The average Bonchev–Trinajstić information content (AvgIpc) is 3.82. The first-order valence-electron chi connectivity index (χ1n) is 16.3. The standard InChI is InChI=1S/C38H37F3N4OS2Si/c1-6-8-18-49(19-9-7-2)32-20-28(47-35(32)36-33(49)21-31(48-36)25-14-16-27(17-15-25)45(4)5)12-10-11-13-30-29(24-44)34(26(22-42)23-43)46-37(30,3)38(39,40)41/h10-17,20-21H,6-9,18-19H2,1-5H3/b12-10+,13-11+. The topological polar surface area (TPSA) is 83.8 Å². The van der Waals surface area contributed by atoms with E-state index in [2.05, 4.69) is 55.1 Å². The summed E-state index contributed by atoms with van der Waals surface area (Å²) in [5.41, 5.74) is -2.12. The van der Waals surface area contributed by atoms with Crippen LogP contribution in [0.4, 0.5) is 18.9 Å². The van der Waals surface area contributed by atoms with Crippen LogP contribution in [0, 0.1) is 34.0 Å². The first kappa shape index (κ1) is 36.0. The summed E-state index contributed by atoms with van der Waals surface area (Å²) in [6.45, 7) is 5.28. The zero-order chi connectivity index (χ0) is 35.6. The largest absolute Gasteiger partial charge is 0.470 e. The number of alkyl halides is 3. The second-order valence-corrected chi connectivity index (χ2v) is 19.0. The number of unbranched alkanes of at least 4 members (excludes halogenated alkanes) is 2. The van der Waals surface area contributed by atoms with E-state index in [0.717, 1.165) is 43.2 Å². The maximum Gasteiger partial charge on any atom is 0.432 e. The van der Waals surface area contributed by atoms with Gasteiger partial charge in [0.15, 0.2) is 11.3 Å². The molecular formula is C38H37F3N4OS2Si. The van der Waals surface area contributed by atoms with Gasteiger partial charge in [-0.25, -0.2) is 0 Å². The van der Waals surface area contributed by atoms with Crippen LogP contribution in [0.15, 0.2) is 77.1 Å². The summed E-state index contributed by atoms with van der Waals surface area (Å²) < 4.78 is 47.9. The lowest BCUT2D eigenvalue weighted by atomic mass is 9.92. The van der Waals surface area contributed by atoms with Gasteiger partial charge in [-0.15, -0.1) is 22.7 Å². The fourth-order valence-electron chi connectivity index (χ4n) is 6.60. The molecule has 2 aliphatic heterocycles. The molecule has 1 unspecified atom stereocenters. The molecule has 0 aliphatic carbocycles. The number of rotatable bonds is 11. The Morgan fingerprint density at radius 1 is 0.918 bits per heavy atom. The van der Waals surface area contributed by atoms with E-state index in [0.29, 0.717) is 0 Å². The van der Waals surface area contributed by atoms with Gasteiger partial charge >= 0.3 is 6.18 Å². The molecule has 0 N–H and O–H groups in total. The van der Waals surface area contributed by atoms with Crippen LogP contribution in [0.1, 0.15) is 51.3 Å². The predicted molar refractivity (Wildman–Crippen MR) is 196 cm³/mol. The Morgan fingerprint density at radius 2 is 1.51 bits per heavy atom. The zero-order valence-corrected chi connectivity index (χ0v) is 30.8. The number of nitrogens with zero attached hydrogens (tertiary/aromatic N) is 4. The fourth-order valence-corrected chi connectivity index (χ4v) is 16.2. The third-order valence-electron chi connectivity index (χ3n) is 9.36. The normalized spacial score (nSPS) is 17.9. The predicted octanol–water partition coefficient (Wildman–Crippen LogP) is 9.73. The van der Waals surface area contributed by atoms with Gasteiger partial charge in [-0.05, 0) is 65.3 Å². The van der Waals surface area contributed by atoms with Gasteiger partial charge in [-0.2, -0.15) is 29.0 Å². The number of halogens is 3. The lowest BCUT2D eigenvalue weighted by molar-refractivity contribution is -0.236. The van der Waals surface area contributed by atoms with Crippen molar-refractivity contribution in [2.24, 2.45) is 0 Å². The van der Waals surface area contributed by atoms with Gasteiger partial charge in [0.2, 0.25) is 5.60 Å². The summed E-state index contributed by atoms with van der Waals surface area (Å²) in [4.78, 5) is 7.06. The minimum Gasteiger partial charge on any atom is -0.470 e. The van der Waals surface area contributed by atoms with Crippen molar-refractivity contribution in [2.75, 3.05) is 19.0 Å². The highest BCUT2D eigenvalue weighted by molar-refractivity contribution is 7.30. The van der Waals surface area contributed by atoms with Gasteiger partial charge in [-0.1, -0.05) is 69.9 Å². The van der Waals surface area contributed by atoms with E-state index in [1.807, 2.05) is 31.5 Å². The quantitative estimate of drug-likeness (QED) is 0.112. The molecule has 0 amide bonds. The molecule has 0 saturated heterocycles. The molecule has 0 bridgehead atoms. The number of fused-ring (bicyclic) bond motifs is 3. The monoisotopic (exact) mass is 714 g/mol. The highest BCUT2D eigenvalue weighted by atomic mass is 32.1. The van der Waals surface area contributed by atoms with E-state index in [1.165, 1.54) is 61.8 Å². The van der Waals surface area contributed by atoms with Crippen LogP contribution in [0.3, 0.4) is 0 Å². The van der Waals surface area contributed by atoms with Crippen LogP contribution in [0.5, 0.6) is 0 Å². The van der Waals surface area contributed by atoms with Crippen molar-refractivity contribution >= 4 is 52.9 Å². The fraction of sp³-hybridized carbons (Fsp3) is 0.342. The first-order chi connectivity index (χ1) is 23.4. The van der Waals surface area contributed by atoms with Crippen LogP contribution in [-0.4, -0.2) is 33.9 Å². The minimum absolute atomic E-state index is 0.446. The van der Waals surface area contributed by atoms with Gasteiger partial charge in [-0.3, -0.25) is 0 Å². The Bertz CT molecular complexity index is 1970. The molecule has 49 heavy (non-hydrogen) atoms. The van der Waals surface area contributed by atoms with E-state index in [-0.39, 0.29) is 0 Å². The van der Waals surface area contributed by atoms with Crippen LogP contribution in [-0.2, 0) is 4.74 Å². The van der Waals surface area contributed by atoms with Gasteiger partial charge in [0.1, 0.15) is 31.9 Å². The molecule has 4 heterocycles. The molecule has 1 atom stereocenters. The van der Waals surface area contributed by atoms with Gasteiger partial charge in [0.25, 0.3) is 0 Å². The number of hydrogen-bond acceptors (Lipinski definition) is 7. The Labute approximate surface area is 295 Å². The number of anilines is 1. The number of ether oxygens (including phenoxy) is 1. The number of nitriles is 3. The zero-order valence-electron chi connectivity index (χ0n) is 28.2.